The highest BCUT2D eigenvalue weighted by molar-refractivity contribution is 6.52. The van der Waals surface area contributed by atoms with Crippen molar-refractivity contribution in [3.8, 4) is 11.5 Å². The van der Waals surface area contributed by atoms with Crippen LogP contribution in [0.4, 0.5) is 5.69 Å². The predicted molar refractivity (Wildman–Crippen MR) is 141 cm³/mol. The number of aromatic nitrogens is 1. The maximum Gasteiger partial charge on any atom is 0.300 e. The number of hydrogen-bond acceptors (Lipinski definition) is 5. The number of fused-ring (bicyclic) bond motifs is 2. The second kappa shape index (κ2) is 8.85. The Hall–Kier alpha value is -4.52. The van der Waals surface area contributed by atoms with Crippen LogP contribution in [-0.4, -0.2) is 35.1 Å². The highest BCUT2D eigenvalue weighted by atomic mass is 16.5. The van der Waals surface area contributed by atoms with Crippen molar-refractivity contribution in [3.05, 3.63) is 95.2 Å². The molecule has 0 bridgehead atoms. The largest absolute Gasteiger partial charge is 0.507 e. The number of ether oxygens (including phenoxy) is 2. The maximum atomic E-state index is 13.6. The summed E-state index contributed by atoms with van der Waals surface area (Å²) in [4.78, 5) is 28.6. The molecule has 7 nitrogen and oxygen atoms in total. The SMILES string of the molecule is COc1cccc(N2C(=O)C(=O)/C(=C(/O)c3ccc4c(c3)CCCO4)C2c2cn(C)c3ccccc23)c1. The van der Waals surface area contributed by atoms with Crippen LogP contribution in [0.5, 0.6) is 11.5 Å². The Kier molecular flexibility index (Phi) is 5.48. The number of anilines is 1. The molecule has 0 spiro atoms. The lowest BCUT2D eigenvalue weighted by Gasteiger charge is -2.25. The molecule has 2 aliphatic rings. The number of aliphatic hydroxyl groups excluding tert-OH is 1. The topological polar surface area (TPSA) is 81.0 Å². The van der Waals surface area contributed by atoms with E-state index in [1.165, 1.54) is 4.90 Å². The van der Waals surface area contributed by atoms with Crippen LogP contribution in [-0.2, 0) is 23.1 Å². The first-order valence-corrected chi connectivity index (χ1v) is 12.2. The Balaban J connectivity index is 1.60. The van der Waals surface area contributed by atoms with Crippen molar-refractivity contribution in [2.45, 2.75) is 18.9 Å². The summed E-state index contributed by atoms with van der Waals surface area (Å²) in [5.74, 6) is -0.285. The van der Waals surface area contributed by atoms with Crippen LogP contribution in [0.25, 0.3) is 16.7 Å². The summed E-state index contributed by atoms with van der Waals surface area (Å²) >= 11 is 0. The summed E-state index contributed by atoms with van der Waals surface area (Å²) in [6, 6.07) is 19.4. The van der Waals surface area contributed by atoms with Gasteiger partial charge in [-0.25, -0.2) is 0 Å². The van der Waals surface area contributed by atoms with E-state index in [0.29, 0.717) is 23.6 Å². The molecule has 0 radical (unpaired) electrons. The van der Waals surface area contributed by atoms with E-state index in [-0.39, 0.29) is 11.3 Å². The minimum Gasteiger partial charge on any atom is -0.507 e. The summed E-state index contributed by atoms with van der Waals surface area (Å²) < 4.78 is 13.1. The van der Waals surface area contributed by atoms with Crippen LogP contribution >= 0.6 is 0 Å². The zero-order valence-electron chi connectivity index (χ0n) is 20.6. The van der Waals surface area contributed by atoms with Crippen molar-refractivity contribution in [1.82, 2.24) is 4.57 Å². The maximum absolute atomic E-state index is 13.6. The number of aliphatic hydroxyl groups is 1. The van der Waals surface area contributed by atoms with Gasteiger partial charge in [0.05, 0.1) is 25.3 Å². The molecule has 1 fully saturated rings. The lowest BCUT2D eigenvalue weighted by atomic mass is 9.93. The monoisotopic (exact) mass is 494 g/mol. The first-order chi connectivity index (χ1) is 18.0. The van der Waals surface area contributed by atoms with E-state index in [4.69, 9.17) is 9.47 Å². The molecule has 4 aromatic rings. The van der Waals surface area contributed by atoms with Crippen molar-refractivity contribution in [1.29, 1.82) is 0 Å². The van der Waals surface area contributed by atoms with Crippen molar-refractivity contribution < 1.29 is 24.2 Å². The molecule has 2 aliphatic heterocycles. The third-order valence-electron chi connectivity index (χ3n) is 7.18. The van der Waals surface area contributed by atoms with Gasteiger partial charge in [0.15, 0.2) is 0 Å². The van der Waals surface area contributed by atoms with Crippen LogP contribution in [0.2, 0.25) is 0 Å². The fourth-order valence-corrected chi connectivity index (χ4v) is 5.41. The summed E-state index contributed by atoms with van der Waals surface area (Å²) in [5.41, 5.74) is 3.73. The smallest absolute Gasteiger partial charge is 0.300 e. The molecule has 6 rings (SSSR count). The van der Waals surface area contributed by atoms with Gasteiger partial charge in [0.2, 0.25) is 0 Å². The quantitative estimate of drug-likeness (QED) is 0.241. The third-order valence-corrected chi connectivity index (χ3v) is 7.18. The lowest BCUT2D eigenvalue weighted by molar-refractivity contribution is -0.132. The normalized spacial score (nSPS) is 18.6. The number of ketones is 1. The van der Waals surface area contributed by atoms with Gasteiger partial charge in [0.1, 0.15) is 17.3 Å². The molecule has 3 heterocycles. The Morgan fingerprint density at radius 3 is 2.73 bits per heavy atom. The van der Waals surface area contributed by atoms with Crippen molar-refractivity contribution >= 4 is 34.0 Å². The van der Waals surface area contributed by atoms with Gasteiger partial charge in [-0.05, 0) is 54.8 Å². The van der Waals surface area contributed by atoms with E-state index < -0.39 is 17.7 Å². The van der Waals surface area contributed by atoms with Crippen LogP contribution in [0, 0.1) is 0 Å². The molecule has 7 heteroatoms. The Morgan fingerprint density at radius 1 is 1.05 bits per heavy atom. The molecule has 0 saturated carbocycles. The van der Waals surface area contributed by atoms with E-state index in [2.05, 4.69) is 0 Å². The summed E-state index contributed by atoms with van der Waals surface area (Å²) in [7, 11) is 3.47. The van der Waals surface area contributed by atoms with Gasteiger partial charge in [-0.15, -0.1) is 0 Å². The molecule has 1 aromatic heterocycles. The van der Waals surface area contributed by atoms with Crippen LogP contribution in [0.15, 0.2) is 78.5 Å². The number of rotatable bonds is 4. The van der Waals surface area contributed by atoms with Gasteiger partial charge in [0, 0.05) is 47.0 Å². The number of aryl methyl sites for hydroxylation is 2. The fraction of sp³-hybridized carbons (Fsp3) is 0.200. The van der Waals surface area contributed by atoms with Gasteiger partial charge >= 0.3 is 0 Å². The predicted octanol–water partition coefficient (Wildman–Crippen LogP) is 5.14. The number of hydrogen-bond donors (Lipinski definition) is 1. The fourth-order valence-electron chi connectivity index (χ4n) is 5.41. The number of para-hydroxylation sites is 1. The van der Waals surface area contributed by atoms with Crippen LogP contribution < -0.4 is 14.4 Å². The average Bonchev–Trinajstić information content (AvgIpc) is 3.41. The van der Waals surface area contributed by atoms with Gasteiger partial charge in [-0.2, -0.15) is 0 Å². The van der Waals surface area contributed by atoms with E-state index in [1.54, 1.807) is 37.4 Å². The second-order valence-electron chi connectivity index (χ2n) is 9.36. The molecule has 0 aliphatic carbocycles. The van der Waals surface area contributed by atoms with E-state index >= 15 is 0 Å². The minimum absolute atomic E-state index is 0.0563. The van der Waals surface area contributed by atoms with Crippen LogP contribution in [0.1, 0.15) is 29.2 Å². The van der Waals surface area contributed by atoms with Gasteiger partial charge < -0.3 is 19.1 Å². The molecule has 1 N–H and O–H groups in total. The number of benzene rings is 3. The number of carbonyl (C=O) groups excluding carboxylic acids is 2. The molecular weight excluding hydrogens is 468 g/mol. The van der Waals surface area contributed by atoms with Crippen molar-refractivity contribution in [2.75, 3.05) is 18.6 Å². The van der Waals surface area contributed by atoms with Gasteiger partial charge in [0.25, 0.3) is 11.7 Å². The molecular formula is C30H26N2O5. The van der Waals surface area contributed by atoms with Gasteiger partial charge in [-0.3, -0.25) is 14.5 Å². The number of Topliss-reactive ketones (excluding diaryl/α,β-unsaturated/α-hetero) is 1. The average molecular weight is 495 g/mol. The highest BCUT2D eigenvalue weighted by Crippen LogP contribution is 2.45. The number of nitrogens with zero attached hydrogens (tertiary/aromatic N) is 2. The van der Waals surface area contributed by atoms with Crippen molar-refractivity contribution in [2.24, 2.45) is 7.05 Å². The summed E-state index contributed by atoms with van der Waals surface area (Å²) in [6.07, 6.45) is 3.62. The standard InChI is InChI=1S/C30H26N2O5/c1-31-17-23(22-10-3-4-11-24(22)31)27-26(28(33)19-12-13-25-18(15-19)7-6-14-37-25)29(34)30(35)32(27)20-8-5-9-21(16-20)36-2/h3-5,8-13,15-17,27,33H,6-7,14H2,1-2H3/b28-26+. The van der Waals surface area contributed by atoms with Crippen LogP contribution in [0.3, 0.4) is 0 Å². The molecule has 1 saturated heterocycles. The summed E-state index contributed by atoms with van der Waals surface area (Å²) in [6.45, 7) is 0.658. The third kappa shape index (κ3) is 3.66. The molecule has 3 aromatic carbocycles. The molecule has 186 valence electrons. The minimum atomic E-state index is -0.828. The highest BCUT2D eigenvalue weighted by Gasteiger charge is 2.48. The Morgan fingerprint density at radius 2 is 1.89 bits per heavy atom. The van der Waals surface area contributed by atoms with Crippen molar-refractivity contribution in [3.63, 3.8) is 0 Å². The molecule has 1 amide bonds. The zero-order valence-corrected chi connectivity index (χ0v) is 20.6. The Labute approximate surface area is 214 Å². The second-order valence-corrected chi connectivity index (χ2v) is 9.36. The Bertz CT molecular complexity index is 1600. The first-order valence-electron chi connectivity index (χ1n) is 12.2. The summed E-state index contributed by atoms with van der Waals surface area (Å²) in [5, 5.41) is 12.5. The number of carbonyl (C=O) groups is 2. The van der Waals surface area contributed by atoms with Gasteiger partial charge in [-0.1, -0.05) is 24.3 Å². The van der Waals surface area contributed by atoms with E-state index in [1.807, 2.05) is 54.2 Å². The first kappa shape index (κ1) is 22.9. The van der Waals surface area contributed by atoms with E-state index in [9.17, 15) is 14.7 Å². The lowest BCUT2D eigenvalue weighted by Crippen LogP contribution is -2.29. The van der Waals surface area contributed by atoms with E-state index in [0.717, 1.165) is 40.6 Å². The molecule has 37 heavy (non-hydrogen) atoms. The number of amides is 1. The number of methoxy groups -OCH3 is 1. The zero-order chi connectivity index (χ0) is 25.7. The molecule has 1 unspecified atom stereocenters. The molecule has 1 atom stereocenters.